The lowest BCUT2D eigenvalue weighted by atomic mass is 9.77. The zero-order chi connectivity index (χ0) is 59.3. The van der Waals surface area contributed by atoms with E-state index in [1.54, 1.807) is 0 Å². The highest BCUT2D eigenvalue weighted by Gasteiger charge is 2.60. The highest BCUT2D eigenvalue weighted by Crippen LogP contribution is 2.55. The summed E-state index contributed by atoms with van der Waals surface area (Å²) in [7, 11) is -2.81. The fraction of sp³-hybridized carbons (Fsp3) is 0.278. The van der Waals surface area contributed by atoms with Crippen LogP contribution in [-0.2, 0) is 27.1 Å². The summed E-state index contributed by atoms with van der Waals surface area (Å²) >= 11 is 0. The molecule has 0 bridgehead atoms. The van der Waals surface area contributed by atoms with Gasteiger partial charge in [-0.15, -0.1) is 0 Å². The van der Waals surface area contributed by atoms with E-state index < -0.39 is 8.07 Å². The summed E-state index contributed by atoms with van der Waals surface area (Å²) in [5.41, 5.74) is 21.4. The van der Waals surface area contributed by atoms with Crippen molar-refractivity contribution in [1.29, 1.82) is 0 Å². The molecular weight excluding hydrogens is 1050 g/mol. The van der Waals surface area contributed by atoms with Crippen LogP contribution in [0, 0.1) is 0 Å². The van der Waals surface area contributed by atoms with Gasteiger partial charge in [-0.3, -0.25) is 4.57 Å². The maximum Gasteiger partial charge on any atom is 0.157 e. The van der Waals surface area contributed by atoms with Crippen molar-refractivity contribution in [2.45, 2.75) is 136 Å². The predicted molar refractivity (Wildman–Crippen MR) is 361 cm³/mol. The maximum atomic E-state index is 7.47. The summed E-state index contributed by atoms with van der Waals surface area (Å²) in [6.45, 7) is 33.4. The average Bonchev–Trinajstić information content (AvgIpc) is 1.54. The van der Waals surface area contributed by atoms with Crippen LogP contribution in [0.3, 0.4) is 0 Å². The molecule has 3 aliphatic heterocycles. The first kappa shape index (κ1) is 54.7. The van der Waals surface area contributed by atoms with Gasteiger partial charge in [0.2, 0.25) is 0 Å². The van der Waals surface area contributed by atoms with E-state index in [0.29, 0.717) is 12.2 Å². The molecule has 14 rings (SSSR count). The molecular formula is C79H80N4OSi. The Balaban J connectivity index is 0.941. The average molecular weight is 1130 g/mol. The fourth-order valence-corrected chi connectivity index (χ4v) is 21.4. The Bertz CT molecular complexity index is 4300. The molecule has 5 nitrogen and oxygen atoms in total. The quantitative estimate of drug-likeness (QED) is 0.149. The minimum absolute atomic E-state index is 0.0513. The van der Waals surface area contributed by atoms with Crippen LogP contribution in [0.5, 0.6) is 11.5 Å². The van der Waals surface area contributed by atoms with Crippen LogP contribution in [0.4, 0.5) is 22.7 Å². The highest BCUT2D eigenvalue weighted by atomic mass is 28.3. The molecule has 0 N–H and O–H groups in total. The Morgan fingerprint density at radius 1 is 0.506 bits per heavy atom. The van der Waals surface area contributed by atoms with Crippen LogP contribution in [0.25, 0.3) is 45.1 Å². The second-order valence-corrected chi connectivity index (χ2v) is 33.2. The van der Waals surface area contributed by atoms with Crippen molar-refractivity contribution in [3.05, 3.63) is 239 Å². The first-order valence-corrected chi connectivity index (χ1v) is 32.9. The van der Waals surface area contributed by atoms with E-state index in [-0.39, 0.29) is 27.1 Å². The Hall–Kier alpha value is -8.19. The van der Waals surface area contributed by atoms with Gasteiger partial charge in [0.1, 0.15) is 24.0 Å². The summed E-state index contributed by atoms with van der Waals surface area (Å²) in [4.78, 5) is 10.2. The lowest BCUT2D eigenvalue weighted by molar-refractivity contribution is 0.483. The molecule has 1 atom stereocenters. The normalized spacial score (nSPS) is 16.5. The van der Waals surface area contributed by atoms with Crippen molar-refractivity contribution in [3.63, 3.8) is 0 Å². The standard InChI is InChI=1S/C79H80N4OSi/c1-75(2,3)52-38-39-80-71(45-52)83-65-34-25-37-69-72(65)73-66(83)47-58(48-70(73)85(69)67-35-22-18-30-61(67)79(13,14)62-31-19-23-36-68(62)85)84-57-29-24-28-56(46-57)81-49-82(64-33-21-20-32-63(64)81)74-59(50-26-16-15-17-27-50)43-55(78(10,11)12)44-60(74)51-40-53(76(4,5)6)42-54(41-51)77(7,8)9/h15-36,38-48,69H,37,49H2,1-14H3. The van der Waals surface area contributed by atoms with Gasteiger partial charge in [0.15, 0.2) is 8.07 Å². The summed E-state index contributed by atoms with van der Waals surface area (Å²) < 4.78 is 9.92. The largest absolute Gasteiger partial charge is 0.457 e. The van der Waals surface area contributed by atoms with Gasteiger partial charge in [0, 0.05) is 45.9 Å². The molecule has 85 heavy (non-hydrogen) atoms. The molecule has 10 aromatic rings. The molecule has 5 heterocycles. The number of para-hydroxylation sites is 2. The molecule has 0 amide bonds. The smallest absolute Gasteiger partial charge is 0.157 e. The molecule has 8 aromatic carbocycles. The number of benzene rings is 8. The van der Waals surface area contributed by atoms with Crippen LogP contribution in [0.15, 0.2) is 194 Å². The van der Waals surface area contributed by atoms with Gasteiger partial charge in [-0.1, -0.05) is 218 Å². The van der Waals surface area contributed by atoms with E-state index in [0.717, 1.165) is 40.6 Å². The van der Waals surface area contributed by atoms with Gasteiger partial charge in [-0.05, 0) is 160 Å². The number of nitrogens with zero attached hydrogens (tertiary/aromatic N) is 4. The van der Waals surface area contributed by atoms with E-state index in [2.05, 4.69) is 305 Å². The van der Waals surface area contributed by atoms with Crippen molar-refractivity contribution >= 4 is 63.4 Å². The van der Waals surface area contributed by atoms with Crippen molar-refractivity contribution in [1.82, 2.24) is 9.55 Å². The number of rotatable bonds is 7. The fourth-order valence-electron chi connectivity index (χ4n) is 14.8. The monoisotopic (exact) mass is 1130 g/mol. The lowest BCUT2D eigenvalue weighted by Crippen LogP contribution is -2.74. The number of hydrogen-bond acceptors (Lipinski definition) is 4. The van der Waals surface area contributed by atoms with Gasteiger partial charge in [0.05, 0.1) is 28.3 Å². The van der Waals surface area contributed by atoms with Crippen molar-refractivity contribution in [2.24, 2.45) is 0 Å². The Kier molecular flexibility index (Phi) is 12.3. The van der Waals surface area contributed by atoms with E-state index in [9.17, 15) is 0 Å². The summed E-state index contributed by atoms with van der Waals surface area (Å²) in [5, 5.41) is 5.88. The maximum absolute atomic E-state index is 7.47. The van der Waals surface area contributed by atoms with Crippen LogP contribution < -0.4 is 30.1 Å². The number of fused-ring (bicyclic) bond motifs is 7. The van der Waals surface area contributed by atoms with Gasteiger partial charge in [-0.25, -0.2) is 4.98 Å². The number of pyridine rings is 1. The number of anilines is 4. The molecule has 0 radical (unpaired) electrons. The molecule has 1 aliphatic carbocycles. The topological polar surface area (TPSA) is 33.5 Å². The number of aromatic nitrogens is 2. The lowest BCUT2D eigenvalue weighted by Gasteiger charge is -2.48. The van der Waals surface area contributed by atoms with Crippen molar-refractivity contribution < 1.29 is 4.74 Å². The third-order valence-electron chi connectivity index (χ3n) is 19.4. The molecule has 1 spiro atoms. The summed E-state index contributed by atoms with van der Waals surface area (Å²) in [6.07, 6.45) is 7.82. The minimum Gasteiger partial charge on any atom is -0.457 e. The number of ether oxygens (including phenoxy) is 1. The zero-order valence-corrected chi connectivity index (χ0v) is 53.2. The Labute approximate surface area is 505 Å². The van der Waals surface area contributed by atoms with E-state index in [1.807, 2.05) is 6.20 Å². The second kappa shape index (κ2) is 19.2. The van der Waals surface area contributed by atoms with E-state index >= 15 is 0 Å². The van der Waals surface area contributed by atoms with Gasteiger partial charge >= 0.3 is 0 Å². The third-order valence-corrected chi connectivity index (χ3v) is 24.8. The zero-order valence-electron chi connectivity index (χ0n) is 52.2. The van der Waals surface area contributed by atoms with Gasteiger partial charge < -0.3 is 14.5 Å². The van der Waals surface area contributed by atoms with Crippen LogP contribution in [0.1, 0.15) is 154 Å². The van der Waals surface area contributed by atoms with Gasteiger partial charge in [-0.2, -0.15) is 0 Å². The molecule has 0 saturated heterocycles. The second-order valence-electron chi connectivity index (χ2n) is 29.3. The predicted octanol–water partition coefficient (Wildman–Crippen LogP) is 18.8. The first-order chi connectivity index (χ1) is 40.4. The van der Waals surface area contributed by atoms with Crippen LogP contribution in [-0.4, -0.2) is 24.3 Å². The first-order valence-electron chi connectivity index (χ1n) is 30.8. The van der Waals surface area contributed by atoms with Crippen LogP contribution in [0.2, 0.25) is 0 Å². The van der Waals surface area contributed by atoms with Gasteiger partial charge in [0.25, 0.3) is 0 Å². The van der Waals surface area contributed by atoms with Crippen LogP contribution >= 0.6 is 0 Å². The number of allylic oxidation sites excluding steroid dienone is 1. The molecule has 2 aromatic heterocycles. The molecule has 4 aliphatic rings. The SMILES string of the molecule is CC(C)(C)c1cc(-c2cc(C(C)(C)C)cc(-c3ccccc3)c2N2CN(c3cccc(Oc4cc5c6c7c(n(-c8cc(C(C)(C)C)ccn8)c6c4)C=CCC7[Si]54c5ccccc5C(C)(C)c5ccccc54)c3)c3ccccc32)cc(C(C)(C)C)c1. The van der Waals surface area contributed by atoms with Crippen molar-refractivity contribution in [3.8, 4) is 39.6 Å². The molecule has 0 saturated carbocycles. The molecule has 6 heteroatoms. The Morgan fingerprint density at radius 2 is 1.08 bits per heavy atom. The minimum atomic E-state index is -2.81. The summed E-state index contributed by atoms with van der Waals surface area (Å²) in [6, 6.07) is 69.4. The Morgan fingerprint density at radius 3 is 1.72 bits per heavy atom. The molecule has 1 unspecified atom stereocenters. The van der Waals surface area contributed by atoms with Crippen molar-refractivity contribution in [2.75, 3.05) is 16.5 Å². The third kappa shape index (κ3) is 8.63. The summed E-state index contributed by atoms with van der Waals surface area (Å²) in [5.74, 6) is 2.58. The van der Waals surface area contributed by atoms with E-state index in [4.69, 9.17) is 9.72 Å². The highest BCUT2D eigenvalue weighted by molar-refractivity contribution is 7.15. The van der Waals surface area contributed by atoms with E-state index in [1.165, 1.54) is 99.2 Å². The molecule has 0 fully saturated rings. The molecule has 426 valence electrons. The number of hydrogen-bond donors (Lipinski definition) is 0.